The van der Waals surface area contributed by atoms with Crippen molar-refractivity contribution in [1.29, 1.82) is 0 Å². The summed E-state index contributed by atoms with van der Waals surface area (Å²) < 4.78 is 42.7. The number of aliphatic hydroxyl groups is 1. The molecule has 0 aliphatic heterocycles. The summed E-state index contributed by atoms with van der Waals surface area (Å²) in [6, 6.07) is 4.13. The highest BCUT2D eigenvalue weighted by molar-refractivity contribution is 5.80. The van der Waals surface area contributed by atoms with Crippen LogP contribution in [0.1, 0.15) is 44.1 Å². The van der Waals surface area contributed by atoms with Crippen LogP contribution in [0.2, 0.25) is 0 Å². The van der Waals surface area contributed by atoms with Crippen LogP contribution in [0.3, 0.4) is 0 Å². The lowest BCUT2D eigenvalue weighted by Crippen LogP contribution is -2.38. The third kappa shape index (κ3) is 8.31. The summed E-state index contributed by atoms with van der Waals surface area (Å²) in [5.41, 5.74) is -0.784. The summed E-state index contributed by atoms with van der Waals surface area (Å²) in [7, 11) is 0. The maximum atomic E-state index is 12.5. The second-order valence-corrected chi connectivity index (χ2v) is 7.17. The predicted molar refractivity (Wildman–Crippen MR) is 100 cm³/mol. The zero-order valence-electron chi connectivity index (χ0n) is 16.1. The fourth-order valence-corrected chi connectivity index (χ4v) is 3.12. The van der Waals surface area contributed by atoms with Gasteiger partial charge in [-0.15, -0.1) is 0 Å². The van der Waals surface area contributed by atoms with Gasteiger partial charge in [0.25, 0.3) is 0 Å². The number of hydrogen-bond acceptors (Lipinski definition) is 4. The van der Waals surface area contributed by atoms with Gasteiger partial charge >= 0.3 is 6.18 Å². The number of halogens is 3. The fraction of sp³-hybridized carbons (Fsp3) is 0.600. The minimum Gasteiger partial charge on any atom is -0.491 e. The van der Waals surface area contributed by atoms with E-state index in [-0.39, 0.29) is 49.6 Å². The second kappa shape index (κ2) is 11.0. The van der Waals surface area contributed by atoms with E-state index in [1.54, 1.807) is 0 Å². The van der Waals surface area contributed by atoms with Crippen LogP contribution in [0, 0.1) is 5.92 Å². The summed E-state index contributed by atoms with van der Waals surface area (Å²) in [6.45, 7) is -0.000579. The van der Waals surface area contributed by atoms with Crippen LogP contribution in [0.4, 0.5) is 13.2 Å². The third-order valence-electron chi connectivity index (χ3n) is 4.79. The number of carbonyl (C=O) groups is 2. The summed E-state index contributed by atoms with van der Waals surface area (Å²) in [5, 5.41) is 15.1. The normalized spacial score (nSPS) is 16.1. The van der Waals surface area contributed by atoms with Crippen molar-refractivity contribution < 1.29 is 32.6 Å². The Hall–Kier alpha value is -2.29. The number of nitrogens with one attached hydrogen (secondary N) is 2. The Balaban J connectivity index is 1.58. The van der Waals surface area contributed by atoms with Gasteiger partial charge in [0.2, 0.25) is 11.8 Å². The number of benzene rings is 1. The van der Waals surface area contributed by atoms with Crippen molar-refractivity contribution in [2.24, 2.45) is 5.92 Å². The van der Waals surface area contributed by atoms with Crippen molar-refractivity contribution >= 4 is 11.8 Å². The van der Waals surface area contributed by atoms with Crippen molar-refractivity contribution in [2.75, 3.05) is 19.7 Å². The number of carbonyl (C=O) groups excluding carboxylic acids is 2. The van der Waals surface area contributed by atoms with Crippen molar-refractivity contribution in [3.05, 3.63) is 29.8 Å². The SMILES string of the molecule is O=C(CCNC(=O)C1CCCCC1)NCC(O)COc1ccc(C(F)(F)F)cc1. The Morgan fingerprint density at radius 2 is 1.76 bits per heavy atom. The number of ether oxygens (including phenoxy) is 1. The molecule has 0 aromatic heterocycles. The molecule has 1 atom stereocenters. The smallest absolute Gasteiger partial charge is 0.416 e. The van der Waals surface area contributed by atoms with E-state index in [9.17, 15) is 27.9 Å². The Labute approximate surface area is 167 Å². The highest BCUT2D eigenvalue weighted by Crippen LogP contribution is 2.30. The Bertz CT molecular complexity index is 659. The second-order valence-electron chi connectivity index (χ2n) is 7.17. The van der Waals surface area contributed by atoms with Crippen molar-refractivity contribution in [2.45, 2.75) is 50.8 Å². The van der Waals surface area contributed by atoms with Gasteiger partial charge in [-0.2, -0.15) is 13.2 Å². The summed E-state index contributed by atoms with van der Waals surface area (Å²) >= 11 is 0. The first-order chi connectivity index (χ1) is 13.8. The monoisotopic (exact) mass is 416 g/mol. The Kier molecular flexibility index (Phi) is 8.75. The number of alkyl halides is 3. The van der Waals surface area contributed by atoms with Crippen LogP contribution in [0.25, 0.3) is 0 Å². The number of amides is 2. The fourth-order valence-electron chi connectivity index (χ4n) is 3.12. The van der Waals surface area contributed by atoms with Gasteiger partial charge in [0, 0.05) is 25.4 Å². The molecule has 2 amide bonds. The van der Waals surface area contributed by atoms with Gasteiger partial charge in [-0.25, -0.2) is 0 Å². The van der Waals surface area contributed by atoms with Gasteiger partial charge in [0.15, 0.2) is 0 Å². The van der Waals surface area contributed by atoms with Crippen LogP contribution in [0.5, 0.6) is 5.75 Å². The lowest BCUT2D eigenvalue weighted by molar-refractivity contribution is -0.137. The molecule has 1 aromatic rings. The summed E-state index contributed by atoms with van der Waals surface area (Å²) in [5.74, 6) is -0.102. The Morgan fingerprint density at radius 3 is 2.38 bits per heavy atom. The molecule has 3 N–H and O–H groups in total. The molecule has 1 aliphatic rings. The number of rotatable bonds is 9. The maximum absolute atomic E-state index is 12.5. The highest BCUT2D eigenvalue weighted by atomic mass is 19.4. The molecule has 29 heavy (non-hydrogen) atoms. The summed E-state index contributed by atoms with van der Waals surface area (Å²) in [6.07, 6.45) is -0.263. The molecule has 1 aromatic carbocycles. The molecule has 1 fully saturated rings. The first-order valence-electron chi connectivity index (χ1n) is 9.78. The quantitative estimate of drug-likeness (QED) is 0.578. The molecule has 0 radical (unpaired) electrons. The van der Waals surface area contributed by atoms with E-state index in [1.807, 2.05) is 0 Å². The van der Waals surface area contributed by atoms with Gasteiger partial charge in [0.05, 0.1) is 5.56 Å². The van der Waals surface area contributed by atoms with Crippen molar-refractivity contribution in [1.82, 2.24) is 10.6 Å². The zero-order valence-corrected chi connectivity index (χ0v) is 16.1. The van der Waals surface area contributed by atoms with Crippen LogP contribution < -0.4 is 15.4 Å². The molecule has 2 rings (SSSR count). The van der Waals surface area contributed by atoms with E-state index in [4.69, 9.17) is 4.74 Å². The molecule has 6 nitrogen and oxygen atoms in total. The van der Waals surface area contributed by atoms with Crippen LogP contribution in [-0.2, 0) is 15.8 Å². The number of hydrogen-bond donors (Lipinski definition) is 3. The average molecular weight is 416 g/mol. The van der Waals surface area contributed by atoms with E-state index >= 15 is 0 Å². The minimum atomic E-state index is -4.42. The molecule has 1 unspecified atom stereocenters. The lowest BCUT2D eigenvalue weighted by Gasteiger charge is -2.20. The van der Waals surface area contributed by atoms with E-state index in [1.165, 1.54) is 12.1 Å². The van der Waals surface area contributed by atoms with Crippen LogP contribution >= 0.6 is 0 Å². The van der Waals surface area contributed by atoms with E-state index in [0.717, 1.165) is 44.2 Å². The molecule has 0 bridgehead atoms. The van der Waals surface area contributed by atoms with E-state index in [2.05, 4.69) is 10.6 Å². The van der Waals surface area contributed by atoms with Crippen molar-refractivity contribution in [3.8, 4) is 5.75 Å². The van der Waals surface area contributed by atoms with Gasteiger partial charge < -0.3 is 20.5 Å². The molecule has 1 aliphatic carbocycles. The number of aliphatic hydroxyl groups excluding tert-OH is 1. The molecule has 0 saturated heterocycles. The molecular formula is C20H27F3N2O4. The van der Waals surface area contributed by atoms with Gasteiger partial charge in [-0.1, -0.05) is 19.3 Å². The minimum absolute atomic E-state index is 0.0116. The average Bonchev–Trinajstić information content (AvgIpc) is 2.71. The maximum Gasteiger partial charge on any atom is 0.416 e. The van der Waals surface area contributed by atoms with Crippen LogP contribution in [0.15, 0.2) is 24.3 Å². The first kappa shape index (κ1) is 23.0. The summed E-state index contributed by atoms with van der Waals surface area (Å²) in [4.78, 5) is 23.8. The Morgan fingerprint density at radius 1 is 1.10 bits per heavy atom. The van der Waals surface area contributed by atoms with Crippen molar-refractivity contribution in [3.63, 3.8) is 0 Å². The molecule has 9 heteroatoms. The molecule has 0 heterocycles. The lowest BCUT2D eigenvalue weighted by atomic mass is 9.89. The zero-order chi connectivity index (χ0) is 21.3. The topological polar surface area (TPSA) is 87.7 Å². The van der Waals surface area contributed by atoms with E-state index < -0.39 is 17.8 Å². The third-order valence-corrected chi connectivity index (χ3v) is 4.79. The highest BCUT2D eigenvalue weighted by Gasteiger charge is 2.30. The molecule has 162 valence electrons. The molecule has 0 spiro atoms. The van der Waals surface area contributed by atoms with Gasteiger partial charge in [-0.3, -0.25) is 9.59 Å². The van der Waals surface area contributed by atoms with E-state index in [0.29, 0.717) is 0 Å². The molecular weight excluding hydrogens is 389 g/mol. The van der Waals surface area contributed by atoms with Crippen LogP contribution in [-0.4, -0.2) is 42.7 Å². The van der Waals surface area contributed by atoms with Gasteiger partial charge in [-0.05, 0) is 37.1 Å². The largest absolute Gasteiger partial charge is 0.491 e. The first-order valence-corrected chi connectivity index (χ1v) is 9.78. The predicted octanol–water partition coefficient (Wildman–Crippen LogP) is 2.65. The van der Waals surface area contributed by atoms with Gasteiger partial charge in [0.1, 0.15) is 18.5 Å². The standard InChI is InChI=1S/C20H27F3N2O4/c21-20(22,23)15-6-8-17(9-7-15)29-13-16(26)12-25-18(27)10-11-24-19(28)14-4-2-1-3-5-14/h6-9,14,16,26H,1-5,10-13H2,(H,24,28)(H,25,27). The molecule has 1 saturated carbocycles.